The first-order valence-electron chi connectivity index (χ1n) is 4.45. The maximum atomic E-state index is 9.09. The summed E-state index contributed by atoms with van der Waals surface area (Å²) in [5.41, 5.74) is 0.683. The molecule has 0 atom stereocenters. The molecule has 1 aromatic heterocycles. The third-order valence-electron chi connectivity index (χ3n) is 2.33. The molecule has 0 saturated heterocycles. The van der Waals surface area contributed by atoms with E-state index in [0.717, 1.165) is 0 Å². The van der Waals surface area contributed by atoms with Crippen molar-refractivity contribution in [2.45, 2.75) is 0 Å². The lowest BCUT2D eigenvalue weighted by atomic mass is 9.98. The van der Waals surface area contributed by atoms with Crippen LogP contribution in [0, 0.1) is 45.3 Å². The van der Waals surface area contributed by atoms with Crippen molar-refractivity contribution in [2.75, 3.05) is 0 Å². The highest BCUT2D eigenvalue weighted by Crippen LogP contribution is 2.32. The number of hydrogen-bond acceptors (Lipinski definition) is 5. The van der Waals surface area contributed by atoms with E-state index < -0.39 is 0 Å². The van der Waals surface area contributed by atoms with Crippen LogP contribution in [0.4, 0.5) is 0 Å². The van der Waals surface area contributed by atoms with Crippen LogP contribution in [0.5, 0.6) is 0 Å². The van der Waals surface area contributed by atoms with E-state index in [1.54, 1.807) is 11.4 Å². The molecule has 0 fully saturated rings. The molecule has 0 saturated carbocycles. The van der Waals surface area contributed by atoms with E-state index in [1.807, 2.05) is 24.3 Å². The predicted molar refractivity (Wildman–Crippen MR) is 60.7 cm³/mol. The normalized spacial score (nSPS) is 8.94. The monoisotopic (exact) mass is 234 g/mol. The Labute approximate surface area is 101 Å². The van der Waals surface area contributed by atoms with Crippen molar-refractivity contribution >= 4 is 21.4 Å². The minimum atomic E-state index is 0.0393. The maximum Gasteiger partial charge on any atom is 0.102 e. The van der Waals surface area contributed by atoms with Gasteiger partial charge in [-0.15, -0.1) is 11.3 Å². The average Bonchev–Trinajstić information content (AvgIpc) is 2.78. The van der Waals surface area contributed by atoms with Gasteiger partial charge in [-0.3, -0.25) is 0 Å². The van der Waals surface area contributed by atoms with Crippen LogP contribution in [0.25, 0.3) is 10.1 Å². The zero-order valence-electron chi connectivity index (χ0n) is 8.35. The molecule has 0 amide bonds. The quantitative estimate of drug-likeness (QED) is 0.699. The second kappa shape index (κ2) is 3.95. The van der Waals surface area contributed by atoms with Crippen molar-refractivity contribution in [3.05, 3.63) is 33.7 Å². The molecule has 0 N–H and O–H groups in total. The van der Waals surface area contributed by atoms with E-state index >= 15 is 0 Å². The lowest BCUT2D eigenvalue weighted by Gasteiger charge is -2.00. The third-order valence-corrected chi connectivity index (χ3v) is 3.26. The Morgan fingerprint density at radius 3 is 2.00 bits per heavy atom. The van der Waals surface area contributed by atoms with Crippen molar-refractivity contribution in [1.82, 2.24) is 0 Å². The Morgan fingerprint density at radius 1 is 0.824 bits per heavy atom. The standard InChI is InChI=1S/C12H2N4S/c13-2-7-1-11-12(8(3-14)6-17-11)10(5-16)9(7)4-15/h1,6H. The van der Waals surface area contributed by atoms with Gasteiger partial charge in [0.2, 0.25) is 0 Å². The number of benzene rings is 1. The SMILES string of the molecule is N#Cc1cc2scc(C#N)c2c(C#N)c1C#N. The van der Waals surface area contributed by atoms with Crippen molar-refractivity contribution in [3.63, 3.8) is 0 Å². The lowest BCUT2D eigenvalue weighted by Crippen LogP contribution is -1.91. The van der Waals surface area contributed by atoms with E-state index in [2.05, 4.69) is 0 Å². The number of rotatable bonds is 0. The van der Waals surface area contributed by atoms with E-state index in [9.17, 15) is 0 Å². The molecule has 1 heterocycles. The molecular formula is C12H2N4S. The topological polar surface area (TPSA) is 95.2 Å². The number of hydrogen-bond donors (Lipinski definition) is 0. The van der Waals surface area contributed by atoms with Crippen LogP contribution in [0.2, 0.25) is 0 Å². The number of nitrogens with zero attached hydrogens (tertiary/aromatic N) is 4. The second-order valence-electron chi connectivity index (χ2n) is 3.14. The summed E-state index contributed by atoms with van der Waals surface area (Å²) in [6.07, 6.45) is 0. The number of fused-ring (bicyclic) bond motifs is 1. The molecular weight excluding hydrogens is 232 g/mol. The Hall–Kier alpha value is -2.86. The Balaban J connectivity index is 3.09. The molecule has 0 aliphatic carbocycles. The largest absolute Gasteiger partial charge is 0.192 e. The summed E-state index contributed by atoms with van der Waals surface area (Å²) in [5, 5.41) is 38.0. The highest BCUT2D eigenvalue weighted by Gasteiger charge is 2.17. The summed E-state index contributed by atoms with van der Waals surface area (Å²) in [4.78, 5) is 0. The van der Waals surface area contributed by atoms with Crippen LogP contribution >= 0.6 is 11.3 Å². The smallest absolute Gasteiger partial charge is 0.102 e. The molecule has 0 spiro atoms. The van der Waals surface area contributed by atoms with Crippen LogP contribution in [-0.4, -0.2) is 0 Å². The fourth-order valence-corrected chi connectivity index (χ4v) is 2.53. The van der Waals surface area contributed by atoms with Gasteiger partial charge in [0.1, 0.15) is 24.3 Å². The summed E-state index contributed by atoms with van der Waals surface area (Å²) in [5.74, 6) is 0. The molecule has 0 bridgehead atoms. The summed E-state index contributed by atoms with van der Waals surface area (Å²) in [6, 6.07) is 9.17. The van der Waals surface area contributed by atoms with Gasteiger partial charge in [0.25, 0.3) is 0 Å². The van der Waals surface area contributed by atoms with Crippen LogP contribution in [0.15, 0.2) is 11.4 Å². The van der Waals surface area contributed by atoms with Gasteiger partial charge in [-0.25, -0.2) is 0 Å². The lowest BCUT2D eigenvalue weighted by molar-refractivity contribution is 1.42. The Morgan fingerprint density at radius 2 is 1.47 bits per heavy atom. The first-order chi connectivity index (χ1) is 8.26. The Bertz CT molecular complexity index is 787. The van der Waals surface area contributed by atoms with E-state index in [-0.39, 0.29) is 16.7 Å². The van der Waals surface area contributed by atoms with Crippen LogP contribution in [-0.2, 0) is 0 Å². The zero-order valence-corrected chi connectivity index (χ0v) is 9.17. The highest BCUT2D eigenvalue weighted by molar-refractivity contribution is 7.17. The molecule has 0 unspecified atom stereocenters. The zero-order chi connectivity index (χ0) is 12.4. The first-order valence-corrected chi connectivity index (χ1v) is 5.33. The third kappa shape index (κ3) is 1.40. The summed E-state index contributed by atoms with van der Waals surface area (Å²) < 4.78 is 0.675. The first kappa shape index (κ1) is 10.7. The molecule has 76 valence electrons. The van der Waals surface area contributed by atoms with Gasteiger partial charge < -0.3 is 0 Å². The van der Waals surface area contributed by atoms with Crippen molar-refractivity contribution in [2.24, 2.45) is 0 Å². The van der Waals surface area contributed by atoms with Gasteiger partial charge in [0.15, 0.2) is 0 Å². The molecule has 0 aliphatic heterocycles. The summed E-state index contributed by atoms with van der Waals surface area (Å²) in [6.45, 7) is 0. The molecule has 17 heavy (non-hydrogen) atoms. The van der Waals surface area contributed by atoms with Crippen LogP contribution < -0.4 is 0 Å². The van der Waals surface area contributed by atoms with E-state index in [4.69, 9.17) is 21.0 Å². The van der Waals surface area contributed by atoms with Gasteiger partial charge in [-0.1, -0.05) is 0 Å². The maximum absolute atomic E-state index is 9.09. The van der Waals surface area contributed by atoms with E-state index in [1.165, 1.54) is 11.3 Å². The van der Waals surface area contributed by atoms with Gasteiger partial charge in [0.05, 0.1) is 22.3 Å². The molecule has 2 aromatic rings. The number of nitriles is 4. The minimum absolute atomic E-state index is 0.0393. The fourth-order valence-electron chi connectivity index (χ4n) is 1.60. The Kier molecular flexibility index (Phi) is 2.48. The molecule has 4 nitrogen and oxygen atoms in total. The van der Waals surface area contributed by atoms with Crippen LogP contribution in [0.3, 0.4) is 0 Å². The van der Waals surface area contributed by atoms with Gasteiger partial charge in [0, 0.05) is 15.5 Å². The molecule has 1 aromatic carbocycles. The fraction of sp³-hybridized carbons (Fsp3) is 0. The minimum Gasteiger partial charge on any atom is -0.192 e. The highest BCUT2D eigenvalue weighted by atomic mass is 32.1. The van der Waals surface area contributed by atoms with Crippen molar-refractivity contribution < 1.29 is 0 Å². The van der Waals surface area contributed by atoms with E-state index in [0.29, 0.717) is 15.6 Å². The number of thiophene rings is 1. The molecule has 0 radical (unpaired) electrons. The van der Waals surface area contributed by atoms with Gasteiger partial charge >= 0.3 is 0 Å². The second-order valence-corrected chi connectivity index (χ2v) is 4.06. The van der Waals surface area contributed by atoms with Gasteiger partial charge in [-0.05, 0) is 6.07 Å². The molecule has 2 rings (SSSR count). The summed E-state index contributed by atoms with van der Waals surface area (Å²) in [7, 11) is 0. The van der Waals surface area contributed by atoms with Crippen molar-refractivity contribution in [3.8, 4) is 24.3 Å². The van der Waals surface area contributed by atoms with Crippen molar-refractivity contribution in [1.29, 1.82) is 21.0 Å². The summed E-state index contributed by atoms with van der Waals surface area (Å²) >= 11 is 1.28. The van der Waals surface area contributed by atoms with Crippen LogP contribution in [0.1, 0.15) is 22.3 Å². The average molecular weight is 234 g/mol. The molecule has 0 aliphatic rings. The molecule has 5 heteroatoms. The predicted octanol–water partition coefficient (Wildman–Crippen LogP) is 2.39. The van der Waals surface area contributed by atoms with Gasteiger partial charge in [-0.2, -0.15) is 21.0 Å².